The molecule has 106 valence electrons. The number of aliphatic hydroxyl groups excluding tert-OH is 1. The van der Waals surface area contributed by atoms with Gasteiger partial charge in [-0.15, -0.1) is 23.4 Å². The van der Waals surface area contributed by atoms with Crippen LogP contribution in [0.25, 0.3) is 0 Å². The second kappa shape index (κ2) is 14.9. The number of halogens is 1. The summed E-state index contributed by atoms with van der Waals surface area (Å²) >= 11 is 5.48. The summed E-state index contributed by atoms with van der Waals surface area (Å²) in [5.74, 6) is 6.36. The average molecular weight is 273 g/mol. The minimum Gasteiger partial charge on any atom is -0.391 e. The van der Waals surface area contributed by atoms with Gasteiger partial charge in [-0.2, -0.15) is 0 Å². The maximum Gasteiger partial charge on any atom is 0.0784 e. The molecule has 0 aromatic carbocycles. The second-order valence-electron chi connectivity index (χ2n) is 4.94. The molecule has 0 heterocycles. The predicted molar refractivity (Wildman–Crippen MR) is 81.0 cm³/mol. The zero-order valence-corrected chi connectivity index (χ0v) is 12.6. The van der Waals surface area contributed by atoms with E-state index in [9.17, 15) is 5.11 Å². The lowest BCUT2D eigenvalue weighted by Gasteiger charge is -2.00. The molecule has 0 unspecified atom stereocenters. The smallest absolute Gasteiger partial charge is 0.0784 e. The van der Waals surface area contributed by atoms with E-state index in [1.165, 1.54) is 57.8 Å². The van der Waals surface area contributed by atoms with Crippen molar-refractivity contribution in [1.29, 1.82) is 0 Å². The molecule has 1 N–H and O–H groups in total. The number of hydrogen-bond donors (Lipinski definition) is 1. The molecule has 0 fully saturated rings. The van der Waals surface area contributed by atoms with Crippen LogP contribution in [0.5, 0.6) is 0 Å². The van der Waals surface area contributed by atoms with Crippen LogP contribution in [0.3, 0.4) is 0 Å². The Kier molecular flexibility index (Phi) is 14.7. The van der Waals surface area contributed by atoms with Crippen molar-refractivity contribution in [2.45, 2.75) is 83.7 Å². The summed E-state index contributed by atoms with van der Waals surface area (Å²) in [5, 5.41) is 9.18. The molecule has 0 amide bonds. The van der Waals surface area contributed by atoms with Crippen molar-refractivity contribution in [1.82, 2.24) is 0 Å². The van der Waals surface area contributed by atoms with Gasteiger partial charge in [0.05, 0.1) is 6.10 Å². The molecule has 1 atom stereocenters. The summed E-state index contributed by atoms with van der Waals surface area (Å²) in [6, 6.07) is 0. The van der Waals surface area contributed by atoms with Crippen LogP contribution in [-0.4, -0.2) is 17.1 Å². The van der Waals surface area contributed by atoms with Crippen LogP contribution in [0.1, 0.15) is 77.6 Å². The fourth-order valence-electron chi connectivity index (χ4n) is 1.86. The first-order valence-electron chi connectivity index (χ1n) is 7.51. The van der Waals surface area contributed by atoms with Crippen molar-refractivity contribution in [3.63, 3.8) is 0 Å². The minimum atomic E-state index is -0.456. The molecule has 0 rings (SSSR count). The van der Waals surface area contributed by atoms with Gasteiger partial charge in [0.1, 0.15) is 0 Å². The maximum absolute atomic E-state index is 9.18. The van der Waals surface area contributed by atoms with Crippen molar-refractivity contribution >= 4 is 11.6 Å². The fourth-order valence-corrected chi connectivity index (χ4v) is 1.97. The molecule has 1 nitrogen and oxygen atoms in total. The van der Waals surface area contributed by atoms with Crippen LogP contribution in [-0.2, 0) is 0 Å². The van der Waals surface area contributed by atoms with E-state index in [1.807, 2.05) is 0 Å². The second-order valence-corrected chi connectivity index (χ2v) is 5.25. The topological polar surface area (TPSA) is 20.2 Å². The minimum absolute atomic E-state index is 0.284. The normalized spacial score (nSPS) is 11.9. The lowest BCUT2D eigenvalue weighted by Crippen LogP contribution is -2.05. The molecule has 0 bridgehead atoms. The van der Waals surface area contributed by atoms with Gasteiger partial charge in [-0.1, -0.05) is 58.3 Å². The van der Waals surface area contributed by atoms with Gasteiger partial charge in [0.2, 0.25) is 0 Å². The number of unbranched alkanes of at least 4 members (excludes halogenated alkanes) is 9. The van der Waals surface area contributed by atoms with Crippen LogP contribution in [0.15, 0.2) is 0 Å². The SMILES string of the molecule is CCCCCCCCCCCC#CC[C@@H](O)CCl. The highest BCUT2D eigenvalue weighted by Gasteiger charge is 1.96. The molecule has 0 aliphatic carbocycles. The fraction of sp³-hybridized carbons (Fsp3) is 0.875. The Morgan fingerprint density at radius 3 is 2.00 bits per heavy atom. The Balaban J connectivity index is 3.11. The Hall–Kier alpha value is -0.190. The first-order chi connectivity index (χ1) is 8.81. The van der Waals surface area contributed by atoms with E-state index in [0.717, 1.165) is 6.42 Å². The van der Waals surface area contributed by atoms with Crippen molar-refractivity contribution in [2.24, 2.45) is 0 Å². The summed E-state index contributed by atoms with van der Waals surface area (Å²) in [6.07, 6.45) is 13.2. The monoisotopic (exact) mass is 272 g/mol. The third kappa shape index (κ3) is 13.9. The average Bonchev–Trinajstić information content (AvgIpc) is 2.39. The molecule has 0 aliphatic rings. The quantitative estimate of drug-likeness (QED) is 0.322. The van der Waals surface area contributed by atoms with Gasteiger partial charge in [0, 0.05) is 18.7 Å². The van der Waals surface area contributed by atoms with Gasteiger partial charge >= 0.3 is 0 Å². The lowest BCUT2D eigenvalue weighted by atomic mass is 10.1. The Morgan fingerprint density at radius 1 is 0.889 bits per heavy atom. The first kappa shape index (κ1) is 17.8. The van der Waals surface area contributed by atoms with E-state index in [4.69, 9.17) is 11.6 Å². The van der Waals surface area contributed by atoms with Crippen molar-refractivity contribution in [3.05, 3.63) is 0 Å². The first-order valence-corrected chi connectivity index (χ1v) is 8.04. The number of alkyl halides is 1. The summed E-state index contributed by atoms with van der Waals surface area (Å²) in [6.45, 7) is 2.26. The zero-order valence-electron chi connectivity index (χ0n) is 11.9. The summed E-state index contributed by atoms with van der Waals surface area (Å²) in [7, 11) is 0. The van der Waals surface area contributed by atoms with E-state index in [-0.39, 0.29) is 5.88 Å². The van der Waals surface area contributed by atoms with Gasteiger partial charge in [0.15, 0.2) is 0 Å². The Morgan fingerprint density at radius 2 is 1.44 bits per heavy atom. The molecule has 0 radical (unpaired) electrons. The predicted octanol–water partition coefficient (Wildman–Crippen LogP) is 4.90. The van der Waals surface area contributed by atoms with Gasteiger partial charge in [0.25, 0.3) is 0 Å². The third-order valence-corrected chi connectivity index (χ3v) is 3.40. The van der Waals surface area contributed by atoms with Crippen LogP contribution in [0.4, 0.5) is 0 Å². The van der Waals surface area contributed by atoms with Crippen molar-refractivity contribution in [3.8, 4) is 11.8 Å². The van der Waals surface area contributed by atoms with Crippen molar-refractivity contribution < 1.29 is 5.11 Å². The Bertz CT molecular complexity index is 217. The largest absolute Gasteiger partial charge is 0.391 e. The summed E-state index contributed by atoms with van der Waals surface area (Å²) in [4.78, 5) is 0. The third-order valence-electron chi connectivity index (χ3n) is 3.05. The summed E-state index contributed by atoms with van der Waals surface area (Å²) in [5.41, 5.74) is 0. The van der Waals surface area contributed by atoms with Gasteiger partial charge in [-0.3, -0.25) is 0 Å². The van der Waals surface area contributed by atoms with Gasteiger partial charge < -0.3 is 5.11 Å². The molecule has 0 aromatic rings. The van der Waals surface area contributed by atoms with E-state index < -0.39 is 6.10 Å². The molecule has 18 heavy (non-hydrogen) atoms. The number of aliphatic hydroxyl groups is 1. The van der Waals surface area contributed by atoms with E-state index >= 15 is 0 Å². The standard InChI is InChI=1S/C16H29ClO/c1-2-3-4-5-6-7-8-9-10-11-12-13-14-16(18)15-17/h16,18H,2-11,14-15H2,1H3/t16-/m1/s1. The van der Waals surface area contributed by atoms with Gasteiger partial charge in [-0.05, 0) is 6.42 Å². The van der Waals surface area contributed by atoms with Crippen LogP contribution < -0.4 is 0 Å². The molecular formula is C16H29ClO. The summed E-state index contributed by atoms with van der Waals surface area (Å²) < 4.78 is 0. The maximum atomic E-state index is 9.18. The van der Waals surface area contributed by atoms with E-state index in [2.05, 4.69) is 18.8 Å². The van der Waals surface area contributed by atoms with Crippen molar-refractivity contribution in [2.75, 3.05) is 5.88 Å². The van der Waals surface area contributed by atoms with Crippen LogP contribution in [0, 0.1) is 11.8 Å². The van der Waals surface area contributed by atoms with E-state index in [1.54, 1.807) is 0 Å². The van der Waals surface area contributed by atoms with Crippen LogP contribution >= 0.6 is 11.6 Å². The molecule has 0 aliphatic heterocycles. The molecular weight excluding hydrogens is 244 g/mol. The highest BCUT2D eigenvalue weighted by molar-refractivity contribution is 6.18. The zero-order chi connectivity index (χ0) is 13.5. The molecule has 0 saturated heterocycles. The lowest BCUT2D eigenvalue weighted by molar-refractivity contribution is 0.204. The van der Waals surface area contributed by atoms with Crippen LogP contribution in [0.2, 0.25) is 0 Å². The Labute approximate surface area is 118 Å². The van der Waals surface area contributed by atoms with Gasteiger partial charge in [-0.25, -0.2) is 0 Å². The molecule has 2 heteroatoms. The number of hydrogen-bond acceptors (Lipinski definition) is 1. The van der Waals surface area contributed by atoms with E-state index in [0.29, 0.717) is 6.42 Å². The highest BCUT2D eigenvalue weighted by atomic mass is 35.5. The highest BCUT2D eigenvalue weighted by Crippen LogP contribution is 2.10. The molecule has 0 aromatic heterocycles. The number of rotatable bonds is 11. The molecule has 0 spiro atoms. The molecule has 0 saturated carbocycles.